The van der Waals surface area contributed by atoms with Crippen molar-refractivity contribution >= 4 is 32.7 Å². The summed E-state index contributed by atoms with van der Waals surface area (Å²) in [5, 5.41) is 23.5. The van der Waals surface area contributed by atoms with Gasteiger partial charge in [-0.05, 0) is 60.4 Å². The van der Waals surface area contributed by atoms with Crippen LogP contribution in [0.5, 0.6) is 0 Å². The van der Waals surface area contributed by atoms with Gasteiger partial charge in [0.05, 0.1) is 16.8 Å². The van der Waals surface area contributed by atoms with Crippen LogP contribution in [0.2, 0.25) is 0 Å². The summed E-state index contributed by atoms with van der Waals surface area (Å²) >= 11 is 3.62. The van der Waals surface area contributed by atoms with E-state index >= 15 is 0 Å². The first-order valence-electron chi connectivity index (χ1n) is 9.81. The lowest BCUT2D eigenvalue weighted by Crippen LogP contribution is -2.46. The van der Waals surface area contributed by atoms with E-state index in [1.54, 1.807) is 12.3 Å². The third kappa shape index (κ3) is 3.04. The van der Waals surface area contributed by atoms with E-state index in [2.05, 4.69) is 31.1 Å². The van der Waals surface area contributed by atoms with E-state index < -0.39 is 0 Å². The Labute approximate surface area is 166 Å². The van der Waals surface area contributed by atoms with Crippen LogP contribution in [0.4, 0.5) is 5.82 Å². The molecule has 1 saturated heterocycles. The molecule has 27 heavy (non-hydrogen) atoms. The van der Waals surface area contributed by atoms with Crippen LogP contribution in [0.1, 0.15) is 44.3 Å². The predicted octanol–water partition coefficient (Wildman–Crippen LogP) is 3.64. The third-order valence-corrected chi connectivity index (χ3v) is 7.48. The second-order valence-electron chi connectivity index (χ2n) is 8.22. The molecule has 2 N–H and O–H groups in total. The first-order chi connectivity index (χ1) is 13.1. The largest absolute Gasteiger partial charge is 0.444 e. The Hall–Kier alpha value is -1.62. The lowest BCUT2D eigenvalue weighted by atomic mass is 9.89. The Bertz CT molecular complexity index is 897. The maximum absolute atomic E-state index is 9.99. The molecular weight excluding hydrogens is 408 g/mol. The maximum Gasteiger partial charge on any atom is 0.204 e. The van der Waals surface area contributed by atoms with Crippen molar-refractivity contribution in [3.05, 3.63) is 22.5 Å². The van der Waals surface area contributed by atoms with Crippen LogP contribution < -0.4 is 5.32 Å². The highest BCUT2D eigenvalue weighted by Gasteiger charge is 2.46. The highest BCUT2D eigenvalue weighted by Crippen LogP contribution is 2.41. The Morgan fingerprint density at radius 1 is 1.26 bits per heavy atom. The number of nitrogens with one attached hydrogen (secondary N) is 1. The van der Waals surface area contributed by atoms with Gasteiger partial charge in [-0.25, -0.2) is 4.98 Å². The average molecular weight is 431 g/mol. The molecule has 2 aromatic heterocycles. The normalized spacial score (nSPS) is 33.4. The summed E-state index contributed by atoms with van der Waals surface area (Å²) in [5.74, 6) is 1.63. The zero-order valence-electron chi connectivity index (χ0n) is 15.1. The lowest BCUT2D eigenvalue weighted by Gasteiger charge is -2.40. The molecule has 142 valence electrons. The van der Waals surface area contributed by atoms with Crippen molar-refractivity contribution in [2.75, 3.05) is 11.9 Å². The number of anilines is 1. The van der Waals surface area contributed by atoms with Crippen LogP contribution in [-0.2, 0) is 0 Å². The summed E-state index contributed by atoms with van der Waals surface area (Å²) in [6.45, 7) is 1.08. The van der Waals surface area contributed by atoms with Gasteiger partial charge < -0.3 is 14.8 Å². The molecule has 7 heteroatoms. The van der Waals surface area contributed by atoms with Crippen LogP contribution in [-0.4, -0.2) is 45.8 Å². The van der Waals surface area contributed by atoms with Crippen molar-refractivity contribution in [3.8, 4) is 6.07 Å². The fourth-order valence-electron chi connectivity index (χ4n) is 5.29. The Kier molecular flexibility index (Phi) is 4.38. The number of hydrogen-bond acceptors (Lipinski definition) is 6. The number of furan rings is 1. The van der Waals surface area contributed by atoms with Crippen molar-refractivity contribution in [3.63, 3.8) is 0 Å². The van der Waals surface area contributed by atoms with Crippen molar-refractivity contribution in [2.24, 2.45) is 5.92 Å². The second kappa shape index (κ2) is 6.77. The molecule has 3 heterocycles. The van der Waals surface area contributed by atoms with Gasteiger partial charge in [-0.15, -0.1) is 0 Å². The predicted molar refractivity (Wildman–Crippen MR) is 105 cm³/mol. The van der Waals surface area contributed by atoms with E-state index in [0.29, 0.717) is 35.4 Å². The number of piperidine rings is 1. The Balaban J connectivity index is 1.23. The number of aliphatic hydroxyl groups is 1. The SMILES string of the molecule is N#Cc1cc2c(Br)c(NC3CCC(N4CC5CC4CC5O)CC3)ncc2o1. The molecule has 0 radical (unpaired) electrons. The van der Waals surface area contributed by atoms with Gasteiger partial charge in [0.1, 0.15) is 11.9 Å². The van der Waals surface area contributed by atoms with E-state index in [9.17, 15) is 5.11 Å². The van der Waals surface area contributed by atoms with Gasteiger partial charge in [-0.2, -0.15) is 5.26 Å². The van der Waals surface area contributed by atoms with Crippen LogP contribution in [0.15, 0.2) is 21.2 Å². The molecule has 0 amide bonds. The van der Waals surface area contributed by atoms with Crippen LogP contribution >= 0.6 is 15.9 Å². The smallest absolute Gasteiger partial charge is 0.204 e. The van der Waals surface area contributed by atoms with Crippen LogP contribution in [0.25, 0.3) is 11.0 Å². The summed E-state index contributed by atoms with van der Waals surface area (Å²) in [6.07, 6.45) is 8.42. The van der Waals surface area contributed by atoms with Gasteiger partial charge >= 0.3 is 0 Å². The van der Waals surface area contributed by atoms with Gasteiger partial charge in [0.25, 0.3) is 0 Å². The molecule has 6 nitrogen and oxygen atoms in total. The van der Waals surface area contributed by atoms with Crippen LogP contribution in [0.3, 0.4) is 0 Å². The molecule has 3 aliphatic rings. The topological polar surface area (TPSA) is 85.3 Å². The minimum atomic E-state index is -0.0629. The molecule has 3 atom stereocenters. The monoisotopic (exact) mass is 430 g/mol. The fourth-order valence-corrected chi connectivity index (χ4v) is 5.82. The van der Waals surface area contributed by atoms with Crippen molar-refractivity contribution in [2.45, 2.75) is 62.8 Å². The van der Waals surface area contributed by atoms with Crippen molar-refractivity contribution < 1.29 is 9.52 Å². The number of hydrogen-bond donors (Lipinski definition) is 2. The molecule has 2 bridgehead atoms. The zero-order chi connectivity index (χ0) is 18.5. The second-order valence-corrected chi connectivity index (χ2v) is 9.01. The van der Waals surface area contributed by atoms with E-state index in [4.69, 9.17) is 9.68 Å². The summed E-state index contributed by atoms with van der Waals surface area (Å²) in [4.78, 5) is 7.15. The Morgan fingerprint density at radius 3 is 2.74 bits per heavy atom. The van der Waals surface area contributed by atoms with Gasteiger partial charge in [0.2, 0.25) is 5.76 Å². The molecule has 2 saturated carbocycles. The molecule has 0 spiro atoms. The first kappa shape index (κ1) is 17.5. The number of nitrogens with zero attached hydrogens (tertiary/aromatic N) is 3. The molecule has 0 aromatic carbocycles. The standard InChI is InChI=1S/C20H23BrN4O2/c21-19-16-7-15(8-22)27-18(16)9-23-20(19)24-12-1-3-13(4-2-12)25-10-11-5-14(25)6-17(11)26/h7,9,11-14,17,26H,1-6,10H2,(H,23,24). The number of halogens is 1. The van der Waals surface area contributed by atoms with Crippen LogP contribution in [0, 0.1) is 17.2 Å². The molecule has 1 aliphatic heterocycles. The van der Waals surface area contributed by atoms with Gasteiger partial charge in [0, 0.05) is 36.1 Å². The summed E-state index contributed by atoms with van der Waals surface area (Å²) in [5.41, 5.74) is 0.624. The van der Waals surface area contributed by atoms with Gasteiger partial charge in [-0.1, -0.05) is 0 Å². The van der Waals surface area contributed by atoms with Gasteiger partial charge in [0.15, 0.2) is 5.58 Å². The minimum Gasteiger partial charge on any atom is -0.444 e. The maximum atomic E-state index is 9.99. The number of fused-ring (bicyclic) bond motifs is 3. The van der Waals surface area contributed by atoms with Crippen molar-refractivity contribution in [1.29, 1.82) is 5.26 Å². The number of pyridine rings is 1. The molecule has 3 unspecified atom stereocenters. The molecule has 2 aromatic rings. The number of aromatic nitrogens is 1. The first-order valence-corrected chi connectivity index (χ1v) is 10.6. The van der Waals surface area contributed by atoms with E-state index in [-0.39, 0.29) is 6.10 Å². The summed E-state index contributed by atoms with van der Waals surface area (Å²) < 4.78 is 6.30. The molecule has 3 fully saturated rings. The number of likely N-dealkylation sites (tertiary alicyclic amines) is 1. The summed E-state index contributed by atoms with van der Waals surface area (Å²) in [6, 6.07) is 5.46. The third-order valence-electron chi connectivity index (χ3n) is 6.68. The minimum absolute atomic E-state index is 0.0629. The van der Waals surface area contributed by atoms with Crippen molar-refractivity contribution in [1.82, 2.24) is 9.88 Å². The highest BCUT2D eigenvalue weighted by molar-refractivity contribution is 9.10. The van der Waals surface area contributed by atoms with E-state index in [0.717, 1.165) is 41.5 Å². The lowest BCUT2D eigenvalue weighted by molar-refractivity contribution is 0.0432. The molecule has 5 rings (SSSR count). The zero-order valence-corrected chi connectivity index (χ0v) is 16.7. The average Bonchev–Trinajstić information content (AvgIpc) is 3.38. The van der Waals surface area contributed by atoms with Gasteiger partial charge in [-0.3, -0.25) is 4.90 Å². The number of nitriles is 1. The van der Waals surface area contributed by atoms with E-state index in [1.165, 1.54) is 19.3 Å². The number of rotatable bonds is 3. The van der Waals surface area contributed by atoms with E-state index in [1.807, 2.05) is 6.07 Å². The highest BCUT2D eigenvalue weighted by atomic mass is 79.9. The molecular formula is C20H23BrN4O2. The Morgan fingerprint density at radius 2 is 2.07 bits per heavy atom. The summed E-state index contributed by atoms with van der Waals surface area (Å²) in [7, 11) is 0. The molecule has 2 aliphatic carbocycles. The number of aliphatic hydroxyl groups excluding tert-OH is 1. The fraction of sp³-hybridized carbons (Fsp3) is 0.600. The quantitative estimate of drug-likeness (QED) is 0.772.